The second-order valence-electron chi connectivity index (χ2n) is 8.44. The van der Waals surface area contributed by atoms with Crippen molar-refractivity contribution in [1.29, 1.82) is 0 Å². The molecule has 8 heteroatoms. The van der Waals surface area contributed by atoms with Crippen LogP contribution in [0, 0.1) is 0 Å². The normalized spacial score (nSPS) is 15.2. The largest absolute Gasteiger partial charge is 0.432 e. The van der Waals surface area contributed by atoms with Crippen LogP contribution in [0.4, 0.5) is 0 Å². The van der Waals surface area contributed by atoms with Gasteiger partial charge in [-0.2, -0.15) is 0 Å². The molecule has 2 heterocycles. The average Bonchev–Trinajstić information content (AvgIpc) is 3.29. The molecule has 0 bridgehead atoms. The number of rotatable bonds is 7. The van der Waals surface area contributed by atoms with Gasteiger partial charge < -0.3 is 9.73 Å². The van der Waals surface area contributed by atoms with Crippen molar-refractivity contribution in [1.82, 2.24) is 20.2 Å². The minimum atomic E-state index is -1.15. The summed E-state index contributed by atoms with van der Waals surface area (Å²) in [5, 5.41) is 2.96. The SMILES string of the molecule is CCCCN(C(=O)c1nc2ccccc2o1)C(=O)C1(NC(=O)c2cccnc2)CCCCC1. The first-order chi connectivity index (χ1) is 16.0. The van der Waals surface area contributed by atoms with Gasteiger partial charge >= 0.3 is 5.91 Å². The van der Waals surface area contributed by atoms with Crippen LogP contribution in [0.5, 0.6) is 0 Å². The molecule has 0 atom stereocenters. The summed E-state index contributed by atoms with van der Waals surface area (Å²) in [6, 6.07) is 10.4. The number of carbonyl (C=O) groups is 3. The third-order valence-electron chi connectivity index (χ3n) is 6.10. The molecule has 2 aromatic heterocycles. The molecule has 1 aliphatic carbocycles. The molecule has 8 nitrogen and oxygen atoms in total. The van der Waals surface area contributed by atoms with Gasteiger partial charge in [0, 0.05) is 18.9 Å². The number of hydrogen-bond donors (Lipinski definition) is 1. The Labute approximate surface area is 192 Å². The van der Waals surface area contributed by atoms with Gasteiger partial charge in [0.25, 0.3) is 17.7 Å². The summed E-state index contributed by atoms with van der Waals surface area (Å²) in [5.41, 5.74) is 0.267. The van der Waals surface area contributed by atoms with Gasteiger partial charge in [-0.25, -0.2) is 4.98 Å². The lowest BCUT2D eigenvalue weighted by Crippen LogP contribution is -2.61. The van der Waals surface area contributed by atoms with Crippen LogP contribution in [0.15, 0.2) is 53.2 Å². The number of fused-ring (bicyclic) bond motifs is 1. The second-order valence-corrected chi connectivity index (χ2v) is 8.44. The Hall–Kier alpha value is -3.55. The monoisotopic (exact) mass is 448 g/mol. The summed E-state index contributed by atoms with van der Waals surface area (Å²) in [4.78, 5) is 49.8. The van der Waals surface area contributed by atoms with E-state index in [1.807, 2.05) is 13.0 Å². The molecule has 0 radical (unpaired) electrons. The number of nitrogens with zero attached hydrogens (tertiary/aromatic N) is 3. The minimum absolute atomic E-state index is 0.120. The van der Waals surface area contributed by atoms with Crippen molar-refractivity contribution >= 4 is 28.8 Å². The number of amides is 3. The summed E-state index contributed by atoms with van der Waals surface area (Å²) in [6.07, 6.45) is 8.01. The lowest BCUT2D eigenvalue weighted by molar-refractivity contribution is -0.137. The first-order valence-corrected chi connectivity index (χ1v) is 11.5. The van der Waals surface area contributed by atoms with Gasteiger partial charge in [-0.3, -0.25) is 24.3 Å². The Morgan fingerprint density at radius 2 is 1.88 bits per heavy atom. The van der Waals surface area contributed by atoms with Crippen LogP contribution >= 0.6 is 0 Å². The summed E-state index contributed by atoms with van der Waals surface area (Å²) >= 11 is 0. The molecule has 172 valence electrons. The Bertz CT molecular complexity index is 1100. The maximum atomic E-state index is 13.9. The number of nitrogens with one attached hydrogen (secondary N) is 1. The highest BCUT2D eigenvalue weighted by molar-refractivity contribution is 6.08. The number of para-hydroxylation sites is 2. The molecule has 0 aliphatic heterocycles. The predicted octanol–water partition coefficient (Wildman–Crippen LogP) is 4.12. The first kappa shape index (κ1) is 22.6. The van der Waals surface area contributed by atoms with Crippen molar-refractivity contribution in [2.24, 2.45) is 0 Å². The highest BCUT2D eigenvalue weighted by Gasteiger charge is 2.45. The van der Waals surface area contributed by atoms with Crippen molar-refractivity contribution in [3.63, 3.8) is 0 Å². The lowest BCUT2D eigenvalue weighted by Gasteiger charge is -2.39. The third kappa shape index (κ3) is 4.79. The van der Waals surface area contributed by atoms with Crippen LogP contribution in [-0.4, -0.2) is 44.7 Å². The van der Waals surface area contributed by atoms with Gasteiger partial charge in [0.2, 0.25) is 0 Å². The fourth-order valence-electron chi connectivity index (χ4n) is 4.28. The Balaban J connectivity index is 1.65. The standard InChI is InChI=1S/C25H28N4O4/c1-2-3-16-29(23(31)22-27-19-11-5-6-12-20(19)33-22)24(32)25(13-7-4-8-14-25)28-21(30)18-10-9-15-26-17-18/h5-6,9-12,15,17H,2-4,7-8,13-14,16H2,1H3,(H,28,30). The molecule has 3 aromatic rings. The summed E-state index contributed by atoms with van der Waals surface area (Å²) < 4.78 is 5.66. The summed E-state index contributed by atoms with van der Waals surface area (Å²) in [6.45, 7) is 2.23. The fourth-order valence-corrected chi connectivity index (χ4v) is 4.28. The number of aromatic nitrogens is 2. The average molecular weight is 449 g/mol. The van der Waals surface area contributed by atoms with E-state index < -0.39 is 17.4 Å². The van der Waals surface area contributed by atoms with Crippen LogP contribution in [-0.2, 0) is 4.79 Å². The van der Waals surface area contributed by atoms with Gasteiger partial charge in [-0.15, -0.1) is 0 Å². The number of unbranched alkanes of at least 4 members (excludes halogenated alkanes) is 1. The van der Waals surface area contributed by atoms with Gasteiger partial charge in [-0.1, -0.05) is 44.7 Å². The summed E-state index contributed by atoms with van der Waals surface area (Å²) in [7, 11) is 0. The third-order valence-corrected chi connectivity index (χ3v) is 6.10. The lowest BCUT2D eigenvalue weighted by atomic mass is 9.80. The van der Waals surface area contributed by atoms with Crippen LogP contribution in [0.2, 0.25) is 0 Å². The molecule has 0 saturated heterocycles. The van der Waals surface area contributed by atoms with Crippen LogP contribution < -0.4 is 5.32 Å². The van der Waals surface area contributed by atoms with Gasteiger partial charge in [0.05, 0.1) is 5.56 Å². The fraction of sp³-hybridized carbons (Fsp3) is 0.400. The number of oxazole rings is 1. The molecule has 1 saturated carbocycles. The quantitative estimate of drug-likeness (QED) is 0.545. The van der Waals surface area contributed by atoms with Crippen LogP contribution in [0.25, 0.3) is 11.1 Å². The zero-order valence-corrected chi connectivity index (χ0v) is 18.8. The van der Waals surface area contributed by atoms with E-state index in [4.69, 9.17) is 4.42 Å². The molecule has 4 rings (SSSR count). The maximum Gasteiger partial charge on any atom is 0.316 e. The van der Waals surface area contributed by atoms with E-state index in [2.05, 4.69) is 15.3 Å². The van der Waals surface area contributed by atoms with Crippen molar-refractivity contribution in [3.05, 3.63) is 60.2 Å². The molecule has 1 aliphatic rings. The second kappa shape index (κ2) is 9.94. The van der Waals surface area contributed by atoms with Crippen LogP contribution in [0.3, 0.4) is 0 Å². The number of benzene rings is 1. The smallest absolute Gasteiger partial charge is 0.316 e. The van der Waals surface area contributed by atoms with E-state index in [0.717, 1.165) is 25.7 Å². The molecular formula is C25H28N4O4. The highest BCUT2D eigenvalue weighted by atomic mass is 16.4. The molecule has 1 fully saturated rings. The van der Waals surface area contributed by atoms with Gasteiger partial charge in [0.15, 0.2) is 5.58 Å². The van der Waals surface area contributed by atoms with E-state index in [0.29, 0.717) is 35.9 Å². The van der Waals surface area contributed by atoms with Gasteiger partial charge in [-0.05, 0) is 43.5 Å². The molecule has 1 N–H and O–H groups in total. The zero-order chi connectivity index (χ0) is 23.3. The topological polar surface area (TPSA) is 105 Å². The highest BCUT2D eigenvalue weighted by Crippen LogP contribution is 2.31. The zero-order valence-electron chi connectivity index (χ0n) is 18.8. The van der Waals surface area contributed by atoms with Crippen molar-refractivity contribution in [2.75, 3.05) is 6.54 Å². The van der Waals surface area contributed by atoms with E-state index in [9.17, 15) is 14.4 Å². The van der Waals surface area contributed by atoms with E-state index >= 15 is 0 Å². The molecular weight excluding hydrogens is 420 g/mol. The minimum Gasteiger partial charge on any atom is -0.432 e. The Kier molecular flexibility index (Phi) is 6.82. The maximum absolute atomic E-state index is 13.9. The summed E-state index contributed by atoms with van der Waals surface area (Å²) in [5.74, 6) is -1.47. The van der Waals surface area contributed by atoms with Crippen molar-refractivity contribution in [2.45, 2.75) is 57.4 Å². The molecule has 0 spiro atoms. The predicted molar refractivity (Wildman–Crippen MR) is 122 cm³/mol. The number of pyridine rings is 1. The molecule has 0 unspecified atom stereocenters. The van der Waals surface area contributed by atoms with Crippen LogP contribution in [0.1, 0.15) is 72.9 Å². The van der Waals surface area contributed by atoms with E-state index in [1.54, 1.807) is 36.5 Å². The number of hydrogen-bond acceptors (Lipinski definition) is 6. The molecule has 1 aromatic carbocycles. The molecule has 3 amide bonds. The van der Waals surface area contributed by atoms with E-state index in [1.165, 1.54) is 11.1 Å². The Morgan fingerprint density at radius 3 is 2.58 bits per heavy atom. The van der Waals surface area contributed by atoms with Crippen molar-refractivity contribution in [3.8, 4) is 0 Å². The number of imide groups is 1. The van der Waals surface area contributed by atoms with Gasteiger partial charge in [0.1, 0.15) is 11.1 Å². The number of carbonyl (C=O) groups excluding carboxylic acids is 3. The van der Waals surface area contributed by atoms with E-state index in [-0.39, 0.29) is 18.3 Å². The first-order valence-electron chi connectivity index (χ1n) is 11.5. The molecule has 33 heavy (non-hydrogen) atoms. The van der Waals surface area contributed by atoms with Crippen molar-refractivity contribution < 1.29 is 18.8 Å². The Morgan fingerprint density at radius 1 is 1.09 bits per heavy atom.